The van der Waals surface area contributed by atoms with Crippen LogP contribution in [0.2, 0.25) is 0 Å². The van der Waals surface area contributed by atoms with E-state index in [1.54, 1.807) is 18.5 Å². The highest BCUT2D eigenvalue weighted by molar-refractivity contribution is 6.00. The third-order valence-corrected chi connectivity index (χ3v) is 2.33. The van der Waals surface area contributed by atoms with Gasteiger partial charge in [-0.25, -0.2) is 0 Å². The van der Waals surface area contributed by atoms with Crippen LogP contribution in [0.5, 0.6) is 0 Å². The van der Waals surface area contributed by atoms with Crippen LogP contribution in [0.25, 0.3) is 0 Å². The van der Waals surface area contributed by atoms with Crippen molar-refractivity contribution in [3.63, 3.8) is 0 Å². The fourth-order valence-electron chi connectivity index (χ4n) is 1.59. The van der Waals surface area contributed by atoms with E-state index in [1.165, 1.54) is 0 Å². The fourth-order valence-corrected chi connectivity index (χ4v) is 1.59. The molecule has 1 unspecified atom stereocenters. The number of nitrogens with zero attached hydrogens (tertiary/aromatic N) is 1. The van der Waals surface area contributed by atoms with E-state index >= 15 is 0 Å². The first kappa shape index (κ1) is 12.4. The second kappa shape index (κ2) is 6.00. The summed E-state index contributed by atoms with van der Waals surface area (Å²) in [6.07, 6.45) is 4.32. The van der Waals surface area contributed by atoms with Crippen molar-refractivity contribution in [1.29, 1.82) is 0 Å². The third-order valence-electron chi connectivity index (χ3n) is 2.33. The fraction of sp³-hybridized carbons (Fsp3) is 0.417. The predicted octanol–water partition coefficient (Wildman–Crippen LogP) is 1.63. The highest BCUT2D eigenvalue weighted by atomic mass is 16.2. The largest absolute Gasteiger partial charge is 0.296 e. The Morgan fingerprint density at radius 2 is 2.12 bits per heavy atom. The molecule has 1 aromatic heterocycles. The van der Waals surface area contributed by atoms with E-state index in [2.05, 4.69) is 10.3 Å². The van der Waals surface area contributed by atoms with E-state index in [1.807, 2.05) is 19.9 Å². The third kappa shape index (κ3) is 2.89. The number of amides is 2. The summed E-state index contributed by atoms with van der Waals surface area (Å²) in [5.74, 6) is -0.620. The molecular weight excluding hydrogens is 204 g/mol. The number of carbonyl (C=O) groups is 2. The highest BCUT2D eigenvalue weighted by Crippen LogP contribution is 2.23. The van der Waals surface area contributed by atoms with Crippen molar-refractivity contribution < 1.29 is 9.59 Å². The molecule has 0 bridgehead atoms. The van der Waals surface area contributed by atoms with Gasteiger partial charge in [0.1, 0.15) is 0 Å². The molecule has 1 saturated heterocycles. The Kier molecular flexibility index (Phi) is 4.64. The number of pyridine rings is 1. The smallest absolute Gasteiger partial charge is 0.234 e. The monoisotopic (exact) mass is 220 g/mol. The van der Waals surface area contributed by atoms with Crippen LogP contribution in [0.1, 0.15) is 38.2 Å². The van der Waals surface area contributed by atoms with E-state index in [0.29, 0.717) is 12.8 Å². The van der Waals surface area contributed by atoms with E-state index in [-0.39, 0.29) is 17.7 Å². The molecule has 1 aliphatic heterocycles. The molecule has 2 heterocycles. The van der Waals surface area contributed by atoms with Gasteiger partial charge in [0.25, 0.3) is 0 Å². The SMILES string of the molecule is CC.O=C1CCC(c2cccnc2)C(=O)N1. The Hall–Kier alpha value is -1.71. The van der Waals surface area contributed by atoms with Gasteiger partial charge in [0.2, 0.25) is 11.8 Å². The molecule has 0 saturated carbocycles. The molecule has 0 spiro atoms. The van der Waals surface area contributed by atoms with E-state index in [4.69, 9.17) is 0 Å². The number of imide groups is 1. The first-order valence-electron chi connectivity index (χ1n) is 5.51. The van der Waals surface area contributed by atoms with Gasteiger partial charge in [0.15, 0.2) is 0 Å². The molecule has 0 aromatic carbocycles. The number of nitrogens with one attached hydrogen (secondary N) is 1. The quantitative estimate of drug-likeness (QED) is 0.732. The van der Waals surface area contributed by atoms with Gasteiger partial charge in [-0.3, -0.25) is 19.9 Å². The summed E-state index contributed by atoms with van der Waals surface area (Å²) in [4.78, 5) is 26.3. The van der Waals surface area contributed by atoms with Crippen molar-refractivity contribution >= 4 is 11.8 Å². The minimum atomic E-state index is -0.221. The molecular formula is C12H16N2O2. The zero-order chi connectivity index (χ0) is 12.0. The first-order valence-corrected chi connectivity index (χ1v) is 5.51. The summed E-state index contributed by atoms with van der Waals surface area (Å²) in [6, 6.07) is 3.64. The molecule has 0 radical (unpaired) electrons. The maximum atomic E-state index is 11.4. The average molecular weight is 220 g/mol. The topological polar surface area (TPSA) is 59.1 Å². The van der Waals surface area contributed by atoms with Crippen LogP contribution in [0.4, 0.5) is 0 Å². The van der Waals surface area contributed by atoms with E-state index in [0.717, 1.165) is 5.56 Å². The van der Waals surface area contributed by atoms with Crippen LogP contribution in [0.15, 0.2) is 24.5 Å². The van der Waals surface area contributed by atoms with Gasteiger partial charge in [-0.05, 0) is 18.1 Å². The molecule has 4 heteroatoms. The van der Waals surface area contributed by atoms with Crippen LogP contribution in [0.3, 0.4) is 0 Å². The number of piperidine rings is 1. The number of hydrogen-bond acceptors (Lipinski definition) is 3. The van der Waals surface area contributed by atoms with Gasteiger partial charge >= 0.3 is 0 Å². The van der Waals surface area contributed by atoms with Gasteiger partial charge in [-0.15, -0.1) is 0 Å². The number of hydrogen-bond donors (Lipinski definition) is 1. The molecule has 1 N–H and O–H groups in total. The predicted molar refractivity (Wildman–Crippen MR) is 60.7 cm³/mol. The number of carbonyl (C=O) groups excluding carboxylic acids is 2. The Balaban J connectivity index is 0.000000606. The Bertz CT molecular complexity index is 363. The van der Waals surface area contributed by atoms with Crippen molar-refractivity contribution in [3.05, 3.63) is 30.1 Å². The molecule has 0 aliphatic carbocycles. The lowest BCUT2D eigenvalue weighted by Gasteiger charge is -2.20. The lowest BCUT2D eigenvalue weighted by atomic mass is 9.92. The molecule has 2 rings (SSSR count). The van der Waals surface area contributed by atoms with Gasteiger partial charge in [0.05, 0.1) is 5.92 Å². The summed E-state index contributed by atoms with van der Waals surface area (Å²) in [6.45, 7) is 4.00. The molecule has 1 atom stereocenters. The molecule has 2 amide bonds. The lowest BCUT2D eigenvalue weighted by Crippen LogP contribution is -2.39. The lowest BCUT2D eigenvalue weighted by molar-refractivity contribution is -0.134. The summed E-state index contributed by atoms with van der Waals surface area (Å²) < 4.78 is 0. The van der Waals surface area contributed by atoms with Gasteiger partial charge < -0.3 is 0 Å². The van der Waals surface area contributed by atoms with E-state index in [9.17, 15) is 9.59 Å². The first-order chi connectivity index (χ1) is 7.77. The molecule has 16 heavy (non-hydrogen) atoms. The van der Waals surface area contributed by atoms with Crippen LogP contribution in [-0.4, -0.2) is 16.8 Å². The summed E-state index contributed by atoms with van der Waals surface area (Å²) in [5, 5.41) is 2.32. The Labute approximate surface area is 95.1 Å². The molecule has 86 valence electrons. The van der Waals surface area contributed by atoms with Crippen LogP contribution in [-0.2, 0) is 9.59 Å². The minimum absolute atomic E-state index is 0.185. The summed E-state index contributed by atoms with van der Waals surface area (Å²) >= 11 is 0. The van der Waals surface area contributed by atoms with E-state index < -0.39 is 0 Å². The number of aromatic nitrogens is 1. The van der Waals surface area contributed by atoms with Gasteiger partial charge in [-0.1, -0.05) is 19.9 Å². The Morgan fingerprint density at radius 3 is 2.69 bits per heavy atom. The number of rotatable bonds is 1. The van der Waals surface area contributed by atoms with Crippen molar-refractivity contribution in [1.82, 2.24) is 10.3 Å². The van der Waals surface area contributed by atoms with Crippen molar-refractivity contribution in [3.8, 4) is 0 Å². The van der Waals surface area contributed by atoms with Crippen molar-refractivity contribution in [2.45, 2.75) is 32.6 Å². The standard InChI is InChI=1S/C10H10N2O2.C2H6/c13-9-4-3-8(10(14)12-9)7-2-1-5-11-6-7;1-2/h1-2,5-6,8H,3-4H2,(H,12,13,14);1-2H3. The Morgan fingerprint density at radius 1 is 1.38 bits per heavy atom. The van der Waals surface area contributed by atoms with Crippen LogP contribution >= 0.6 is 0 Å². The van der Waals surface area contributed by atoms with Crippen molar-refractivity contribution in [2.24, 2.45) is 0 Å². The maximum Gasteiger partial charge on any atom is 0.234 e. The highest BCUT2D eigenvalue weighted by Gasteiger charge is 2.27. The van der Waals surface area contributed by atoms with Crippen molar-refractivity contribution in [2.75, 3.05) is 0 Å². The second-order valence-corrected chi connectivity index (χ2v) is 3.29. The normalized spacial score (nSPS) is 19.5. The van der Waals surface area contributed by atoms with Gasteiger partial charge in [-0.2, -0.15) is 0 Å². The molecule has 1 aromatic rings. The minimum Gasteiger partial charge on any atom is -0.296 e. The molecule has 1 fully saturated rings. The average Bonchev–Trinajstić information content (AvgIpc) is 2.33. The molecule has 4 nitrogen and oxygen atoms in total. The maximum absolute atomic E-state index is 11.4. The van der Waals surface area contributed by atoms with Crippen LogP contribution < -0.4 is 5.32 Å². The molecule has 1 aliphatic rings. The second-order valence-electron chi connectivity index (χ2n) is 3.29. The van der Waals surface area contributed by atoms with Crippen LogP contribution in [0, 0.1) is 0 Å². The summed E-state index contributed by atoms with van der Waals surface area (Å²) in [7, 11) is 0. The zero-order valence-corrected chi connectivity index (χ0v) is 9.56. The summed E-state index contributed by atoms with van der Waals surface area (Å²) in [5.41, 5.74) is 0.873. The zero-order valence-electron chi connectivity index (χ0n) is 9.56. The van der Waals surface area contributed by atoms with Gasteiger partial charge in [0, 0.05) is 18.8 Å².